The lowest BCUT2D eigenvalue weighted by Crippen LogP contribution is -2.20. The van der Waals surface area contributed by atoms with E-state index < -0.39 is 0 Å². The molecule has 0 saturated heterocycles. The minimum Gasteiger partial charge on any atom is -0.360 e. The van der Waals surface area contributed by atoms with Crippen LogP contribution in [0.1, 0.15) is 5.76 Å². The molecule has 3 aromatic rings. The van der Waals surface area contributed by atoms with Gasteiger partial charge in [0.05, 0.1) is 11.1 Å². The molecule has 0 fully saturated rings. The van der Waals surface area contributed by atoms with E-state index in [1.54, 1.807) is 26.1 Å². The number of fused-ring (bicyclic) bond motifs is 1. The molecular weight excluding hydrogens is 324 g/mol. The lowest BCUT2D eigenvalue weighted by Gasteiger charge is -2.06. The molecule has 7 nitrogen and oxygen atoms in total. The highest BCUT2D eigenvalue weighted by atomic mass is 32.2. The van der Waals surface area contributed by atoms with E-state index in [-0.39, 0.29) is 17.2 Å². The van der Waals surface area contributed by atoms with Crippen molar-refractivity contribution >= 4 is 45.0 Å². The molecule has 0 atom stereocenters. The number of rotatable bonds is 4. The van der Waals surface area contributed by atoms with Crippen molar-refractivity contribution in [2.45, 2.75) is 12.1 Å². The molecule has 0 saturated carbocycles. The highest BCUT2D eigenvalue weighted by Crippen LogP contribution is 2.20. The van der Waals surface area contributed by atoms with Gasteiger partial charge in [-0.15, -0.1) is 11.3 Å². The number of carbonyl (C=O) groups excluding carboxylic acids is 1. The lowest BCUT2D eigenvalue weighted by molar-refractivity contribution is -0.113. The van der Waals surface area contributed by atoms with Crippen LogP contribution in [-0.2, 0) is 11.8 Å². The number of anilines is 1. The predicted octanol–water partition coefficient (Wildman–Crippen LogP) is 2.02. The molecule has 9 heteroatoms. The Kier molecular flexibility index (Phi) is 3.99. The molecule has 0 aliphatic rings. The van der Waals surface area contributed by atoms with Crippen LogP contribution in [0.15, 0.2) is 32.0 Å². The Morgan fingerprint density at radius 1 is 1.55 bits per heavy atom. The third-order valence-electron chi connectivity index (χ3n) is 2.89. The first-order valence-electron chi connectivity index (χ1n) is 6.35. The second-order valence-corrected chi connectivity index (χ2v) is 6.39. The summed E-state index contributed by atoms with van der Waals surface area (Å²) >= 11 is 2.60. The first-order valence-corrected chi connectivity index (χ1v) is 8.21. The van der Waals surface area contributed by atoms with Crippen LogP contribution >= 0.6 is 23.1 Å². The largest absolute Gasteiger partial charge is 0.360 e. The number of aromatic nitrogens is 3. The number of thiophene rings is 1. The zero-order chi connectivity index (χ0) is 15.7. The normalized spacial score (nSPS) is 11.0. The number of hydrogen-bond acceptors (Lipinski definition) is 7. The maximum Gasteiger partial charge on any atom is 0.262 e. The van der Waals surface area contributed by atoms with Crippen LogP contribution in [0.2, 0.25) is 0 Å². The molecule has 114 valence electrons. The number of amides is 1. The van der Waals surface area contributed by atoms with E-state index in [9.17, 15) is 9.59 Å². The number of nitrogens with zero attached hydrogens (tertiary/aromatic N) is 3. The van der Waals surface area contributed by atoms with Gasteiger partial charge >= 0.3 is 0 Å². The van der Waals surface area contributed by atoms with E-state index in [0.29, 0.717) is 27.0 Å². The first kappa shape index (κ1) is 14.8. The summed E-state index contributed by atoms with van der Waals surface area (Å²) < 4.78 is 6.33. The predicted molar refractivity (Wildman–Crippen MR) is 85.5 cm³/mol. The molecule has 3 aromatic heterocycles. The topological polar surface area (TPSA) is 90.0 Å². The summed E-state index contributed by atoms with van der Waals surface area (Å²) in [6, 6.07) is 3.39. The number of aryl methyl sites for hydroxylation is 1. The van der Waals surface area contributed by atoms with Crippen molar-refractivity contribution in [3.8, 4) is 0 Å². The summed E-state index contributed by atoms with van der Waals surface area (Å²) in [4.78, 5) is 29.1. The molecule has 1 N–H and O–H groups in total. The number of nitrogens with one attached hydrogen (secondary N) is 1. The van der Waals surface area contributed by atoms with Crippen molar-refractivity contribution in [2.24, 2.45) is 7.05 Å². The fourth-order valence-electron chi connectivity index (χ4n) is 1.84. The molecule has 0 aromatic carbocycles. The Bertz CT molecular complexity index is 896. The molecule has 3 rings (SSSR count). The SMILES string of the molecule is Cc1cc(NC(=O)CSc2nc3sccc3c(=O)n2C)no1. The molecule has 22 heavy (non-hydrogen) atoms. The van der Waals surface area contributed by atoms with Crippen molar-refractivity contribution in [3.05, 3.63) is 33.6 Å². The summed E-state index contributed by atoms with van der Waals surface area (Å²) in [7, 11) is 1.65. The standard InChI is InChI=1S/C13H12N4O3S2/c1-7-5-9(16-20-7)14-10(18)6-22-13-15-11-8(3-4-21-11)12(19)17(13)2/h3-5H,6H2,1-2H3,(H,14,16,18). The third-order valence-corrected chi connectivity index (χ3v) is 4.73. The quantitative estimate of drug-likeness (QED) is 0.579. The monoisotopic (exact) mass is 336 g/mol. The summed E-state index contributed by atoms with van der Waals surface area (Å²) in [5, 5.41) is 9.24. The Labute approximate surface area is 133 Å². The average Bonchev–Trinajstić information content (AvgIpc) is 3.10. The summed E-state index contributed by atoms with van der Waals surface area (Å²) in [5.74, 6) is 0.885. The molecule has 0 unspecified atom stereocenters. The average molecular weight is 336 g/mol. The van der Waals surface area contributed by atoms with Gasteiger partial charge < -0.3 is 9.84 Å². The molecule has 0 aliphatic heterocycles. The van der Waals surface area contributed by atoms with Crippen molar-refractivity contribution in [1.82, 2.24) is 14.7 Å². The zero-order valence-electron chi connectivity index (χ0n) is 11.8. The Morgan fingerprint density at radius 3 is 3.09 bits per heavy atom. The number of carbonyl (C=O) groups is 1. The van der Waals surface area contributed by atoms with Gasteiger partial charge in [-0.25, -0.2) is 4.98 Å². The maximum atomic E-state index is 12.1. The van der Waals surface area contributed by atoms with Crippen LogP contribution in [0.3, 0.4) is 0 Å². The Morgan fingerprint density at radius 2 is 2.36 bits per heavy atom. The second-order valence-electron chi connectivity index (χ2n) is 4.56. The minimum absolute atomic E-state index is 0.110. The molecule has 0 radical (unpaired) electrons. The van der Waals surface area contributed by atoms with E-state index >= 15 is 0 Å². The van der Waals surface area contributed by atoms with Gasteiger partial charge in [-0.3, -0.25) is 14.2 Å². The van der Waals surface area contributed by atoms with Gasteiger partial charge in [-0.05, 0) is 18.4 Å². The van der Waals surface area contributed by atoms with Crippen LogP contribution in [0, 0.1) is 6.92 Å². The zero-order valence-corrected chi connectivity index (χ0v) is 13.5. The Hall–Kier alpha value is -2.13. The molecule has 3 heterocycles. The van der Waals surface area contributed by atoms with Gasteiger partial charge in [0.15, 0.2) is 11.0 Å². The smallest absolute Gasteiger partial charge is 0.262 e. The van der Waals surface area contributed by atoms with Gasteiger partial charge in [-0.2, -0.15) is 0 Å². The first-order chi connectivity index (χ1) is 10.5. The van der Waals surface area contributed by atoms with Crippen LogP contribution in [0.4, 0.5) is 5.82 Å². The molecule has 1 amide bonds. The van der Waals surface area contributed by atoms with Crippen molar-refractivity contribution in [3.63, 3.8) is 0 Å². The van der Waals surface area contributed by atoms with Gasteiger partial charge in [0, 0.05) is 13.1 Å². The van der Waals surface area contributed by atoms with Crippen LogP contribution < -0.4 is 10.9 Å². The van der Waals surface area contributed by atoms with Crippen LogP contribution in [-0.4, -0.2) is 26.4 Å². The minimum atomic E-state index is -0.237. The highest BCUT2D eigenvalue weighted by molar-refractivity contribution is 7.99. The van der Waals surface area contributed by atoms with E-state index in [4.69, 9.17) is 4.52 Å². The summed E-state index contributed by atoms with van der Waals surface area (Å²) in [5.41, 5.74) is -0.110. The lowest BCUT2D eigenvalue weighted by atomic mass is 10.4. The second kappa shape index (κ2) is 5.93. The number of hydrogen-bond donors (Lipinski definition) is 1. The fraction of sp³-hybridized carbons (Fsp3) is 0.231. The van der Waals surface area contributed by atoms with E-state index in [2.05, 4.69) is 15.5 Å². The van der Waals surface area contributed by atoms with E-state index in [0.717, 1.165) is 0 Å². The van der Waals surface area contributed by atoms with Gasteiger partial charge in [-0.1, -0.05) is 16.9 Å². The van der Waals surface area contributed by atoms with E-state index in [1.807, 2.05) is 5.38 Å². The molecule has 0 aliphatic carbocycles. The highest BCUT2D eigenvalue weighted by Gasteiger charge is 2.12. The maximum absolute atomic E-state index is 12.1. The Balaban J connectivity index is 1.72. The third kappa shape index (κ3) is 2.90. The molecule has 0 spiro atoms. The van der Waals surface area contributed by atoms with E-state index in [1.165, 1.54) is 27.7 Å². The fourth-order valence-corrected chi connectivity index (χ4v) is 3.42. The van der Waals surface area contributed by atoms with Crippen LogP contribution in [0.5, 0.6) is 0 Å². The molecular formula is C13H12N4O3S2. The van der Waals surface area contributed by atoms with Gasteiger partial charge in [0.2, 0.25) is 5.91 Å². The van der Waals surface area contributed by atoms with Crippen molar-refractivity contribution in [1.29, 1.82) is 0 Å². The van der Waals surface area contributed by atoms with Crippen molar-refractivity contribution in [2.75, 3.05) is 11.1 Å². The number of thioether (sulfide) groups is 1. The van der Waals surface area contributed by atoms with Crippen LogP contribution in [0.25, 0.3) is 10.2 Å². The molecule has 0 bridgehead atoms. The van der Waals surface area contributed by atoms with Crippen molar-refractivity contribution < 1.29 is 9.32 Å². The van der Waals surface area contributed by atoms with Gasteiger partial charge in [0.25, 0.3) is 5.56 Å². The summed E-state index contributed by atoms with van der Waals surface area (Å²) in [6.45, 7) is 1.74. The summed E-state index contributed by atoms with van der Waals surface area (Å²) in [6.07, 6.45) is 0. The van der Waals surface area contributed by atoms with Gasteiger partial charge in [0.1, 0.15) is 10.6 Å².